The Hall–Kier alpha value is -2.52. The Bertz CT molecular complexity index is 795. The number of carbonyl (C=O) groups excluding carboxylic acids is 2. The normalized spacial score (nSPS) is 21.8. The number of nitrogens with one attached hydrogen (secondary N) is 1. The Kier molecular flexibility index (Phi) is 6.25. The summed E-state index contributed by atoms with van der Waals surface area (Å²) in [6.45, 7) is 1.78. The molecule has 2 amide bonds. The number of para-hydroxylation sites is 1. The van der Waals surface area contributed by atoms with Crippen LogP contribution in [0.1, 0.15) is 13.3 Å². The fourth-order valence-electron chi connectivity index (χ4n) is 3.44. The predicted molar refractivity (Wildman–Crippen MR) is 102 cm³/mol. The molecule has 0 spiro atoms. The van der Waals surface area contributed by atoms with Crippen LogP contribution in [-0.4, -0.2) is 63.9 Å². The molecule has 0 saturated carbocycles. The minimum atomic E-state index is -1.15. The molecule has 9 heteroatoms. The molecule has 3 rings (SSSR count). The predicted octanol–water partition coefficient (Wildman–Crippen LogP) is 0.823. The maximum atomic E-state index is 12.1. The van der Waals surface area contributed by atoms with Crippen LogP contribution in [0.15, 0.2) is 40.9 Å². The van der Waals surface area contributed by atoms with Crippen LogP contribution >= 0.6 is 11.8 Å². The number of ether oxygens (including phenoxy) is 1. The van der Waals surface area contributed by atoms with Crippen LogP contribution in [0.4, 0.5) is 0 Å². The minimum absolute atomic E-state index is 0.00404. The van der Waals surface area contributed by atoms with Gasteiger partial charge in [-0.1, -0.05) is 18.2 Å². The molecule has 0 aromatic heterocycles. The van der Waals surface area contributed by atoms with Gasteiger partial charge in [-0.25, -0.2) is 4.79 Å². The number of fused-ring (bicyclic) bond motifs is 1. The van der Waals surface area contributed by atoms with Gasteiger partial charge >= 0.3 is 5.97 Å². The van der Waals surface area contributed by atoms with E-state index in [1.807, 2.05) is 18.2 Å². The molecule has 1 aromatic rings. The van der Waals surface area contributed by atoms with Crippen molar-refractivity contribution in [3.63, 3.8) is 0 Å². The van der Waals surface area contributed by atoms with Crippen LogP contribution in [0.3, 0.4) is 0 Å². The number of benzene rings is 1. The Labute approximate surface area is 166 Å². The molecule has 0 radical (unpaired) electrons. The lowest BCUT2D eigenvalue weighted by Crippen LogP contribution is -2.61. The van der Waals surface area contributed by atoms with Crippen molar-refractivity contribution < 1.29 is 29.3 Å². The monoisotopic (exact) mass is 406 g/mol. The molecule has 8 nitrogen and oxygen atoms in total. The van der Waals surface area contributed by atoms with Crippen LogP contribution in [0.5, 0.6) is 5.75 Å². The summed E-state index contributed by atoms with van der Waals surface area (Å²) < 4.78 is 5.36. The first kappa shape index (κ1) is 20.2. The average Bonchev–Trinajstić information content (AvgIpc) is 2.98. The number of aliphatic hydroxyl groups excluding tert-OH is 1. The number of carboxylic acids is 1. The zero-order valence-electron chi connectivity index (χ0n) is 15.3. The summed E-state index contributed by atoms with van der Waals surface area (Å²) in [5.41, 5.74) is -0.00404. The number of thioether (sulfide) groups is 1. The summed E-state index contributed by atoms with van der Waals surface area (Å²) in [6.07, 6.45) is -0.393. The molecule has 1 saturated heterocycles. The van der Waals surface area contributed by atoms with Gasteiger partial charge in [-0.2, -0.15) is 0 Å². The van der Waals surface area contributed by atoms with Crippen molar-refractivity contribution in [1.29, 1.82) is 0 Å². The van der Waals surface area contributed by atoms with Crippen LogP contribution in [0, 0.1) is 5.92 Å². The third-order valence-electron chi connectivity index (χ3n) is 4.70. The number of hydrogen-bond donors (Lipinski definition) is 3. The maximum Gasteiger partial charge on any atom is 0.353 e. The minimum Gasteiger partial charge on any atom is -0.484 e. The molecular formula is C19H22N2O6S. The van der Waals surface area contributed by atoms with Gasteiger partial charge in [0.15, 0.2) is 6.61 Å². The van der Waals surface area contributed by atoms with Gasteiger partial charge in [-0.3, -0.25) is 9.59 Å². The third kappa shape index (κ3) is 4.15. The summed E-state index contributed by atoms with van der Waals surface area (Å²) in [4.78, 5) is 37.4. The van der Waals surface area contributed by atoms with E-state index < -0.39 is 18.0 Å². The highest BCUT2D eigenvalue weighted by Crippen LogP contribution is 2.46. The fourth-order valence-corrected chi connectivity index (χ4v) is 4.50. The first-order valence-corrected chi connectivity index (χ1v) is 9.93. The van der Waals surface area contributed by atoms with E-state index in [4.69, 9.17) is 4.74 Å². The molecule has 2 aliphatic rings. The number of nitrogens with zero attached hydrogens (tertiary/aromatic N) is 1. The van der Waals surface area contributed by atoms with Crippen molar-refractivity contribution in [3.05, 3.63) is 40.9 Å². The largest absolute Gasteiger partial charge is 0.484 e. The van der Waals surface area contributed by atoms with Gasteiger partial charge in [0, 0.05) is 23.6 Å². The Morgan fingerprint density at radius 1 is 1.36 bits per heavy atom. The van der Waals surface area contributed by atoms with E-state index >= 15 is 0 Å². The third-order valence-corrected chi connectivity index (χ3v) is 5.82. The first-order valence-electron chi connectivity index (χ1n) is 8.95. The van der Waals surface area contributed by atoms with Gasteiger partial charge in [-0.05, 0) is 19.1 Å². The summed E-state index contributed by atoms with van der Waals surface area (Å²) in [6, 6.07) is 8.70. The number of aliphatic carboxylic acids is 1. The number of carboxylic acid groups (broad SMARTS) is 1. The molecule has 3 N–H and O–H groups in total. The molecule has 150 valence electrons. The van der Waals surface area contributed by atoms with Gasteiger partial charge < -0.3 is 25.2 Å². The maximum absolute atomic E-state index is 12.1. The summed E-state index contributed by atoms with van der Waals surface area (Å²) >= 11 is 1.31. The number of hydrogen-bond acceptors (Lipinski definition) is 6. The summed E-state index contributed by atoms with van der Waals surface area (Å²) in [5.74, 6) is -1.24. The van der Waals surface area contributed by atoms with E-state index in [-0.39, 0.29) is 30.2 Å². The topological polar surface area (TPSA) is 116 Å². The summed E-state index contributed by atoms with van der Waals surface area (Å²) in [5, 5.41) is 21.9. The number of amides is 2. The van der Waals surface area contributed by atoms with E-state index in [9.17, 15) is 24.6 Å². The smallest absolute Gasteiger partial charge is 0.353 e. The van der Waals surface area contributed by atoms with Crippen LogP contribution in [0.2, 0.25) is 0 Å². The SMILES string of the molecule is CC(O)[C@@H]1C(=O)N2C(C(=O)O)=C(SCCNC(=O)COc3ccccc3)C[C@H]12. The lowest BCUT2D eigenvalue weighted by molar-refractivity contribution is -0.161. The standard InChI is InChI=1S/C19H22N2O6S/c1-11(22)16-13-9-14(17(19(25)26)21(13)18(16)24)28-8-7-20-15(23)10-27-12-5-3-2-4-6-12/h2-6,11,13,16,22H,7-10H2,1H3,(H,20,23)(H,25,26)/t11?,13-,16+/m1/s1. The first-order chi connectivity index (χ1) is 13.4. The van der Waals surface area contributed by atoms with E-state index in [2.05, 4.69) is 5.32 Å². The van der Waals surface area contributed by atoms with Gasteiger partial charge in [0.25, 0.3) is 5.91 Å². The highest BCUT2D eigenvalue weighted by Gasteiger charge is 2.56. The van der Waals surface area contributed by atoms with E-state index in [1.54, 1.807) is 19.1 Å². The van der Waals surface area contributed by atoms with Crippen molar-refractivity contribution >= 4 is 29.5 Å². The Morgan fingerprint density at radius 2 is 2.07 bits per heavy atom. The highest BCUT2D eigenvalue weighted by atomic mass is 32.2. The molecule has 28 heavy (non-hydrogen) atoms. The van der Waals surface area contributed by atoms with Crippen LogP contribution in [0.25, 0.3) is 0 Å². The van der Waals surface area contributed by atoms with E-state index in [0.29, 0.717) is 29.4 Å². The molecule has 1 aromatic carbocycles. The molecule has 0 aliphatic carbocycles. The van der Waals surface area contributed by atoms with Gasteiger partial charge in [-0.15, -0.1) is 11.8 Å². The van der Waals surface area contributed by atoms with Crippen molar-refractivity contribution in [2.75, 3.05) is 18.9 Å². The van der Waals surface area contributed by atoms with Gasteiger partial charge in [0.05, 0.1) is 18.1 Å². The lowest BCUT2D eigenvalue weighted by Gasteiger charge is -2.44. The van der Waals surface area contributed by atoms with Crippen molar-refractivity contribution in [3.8, 4) is 5.75 Å². The Balaban J connectivity index is 1.46. The highest BCUT2D eigenvalue weighted by molar-refractivity contribution is 8.03. The lowest BCUT2D eigenvalue weighted by atomic mass is 9.83. The number of β-lactam (4-membered cyclic amide) rings is 1. The van der Waals surface area contributed by atoms with E-state index in [0.717, 1.165) is 0 Å². The van der Waals surface area contributed by atoms with Crippen molar-refractivity contribution in [2.24, 2.45) is 5.92 Å². The van der Waals surface area contributed by atoms with Crippen LogP contribution < -0.4 is 10.1 Å². The molecule has 1 fully saturated rings. The molecule has 0 bridgehead atoms. The number of rotatable bonds is 9. The number of carbonyl (C=O) groups is 3. The fraction of sp³-hybridized carbons (Fsp3) is 0.421. The zero-order chi connectivity index (χ0) is 20.3. The number of aliphatic hydroxyl groups is 1. The average molecular weight is 406 g/mol. The Morgan fingerprint density at radius 3 is 2.71 bits per heavy atom. The van der Waals surface area contributed by atoms with Crippen molar-refractivity contribution in [2.45, 2.75) is 25.5 Å². The molecule has 2 aliphatic heterocycles. The molecular weight excluding hydrogens is 384 g/mol. The second-order valence-electron chi connectivity index (χ2n) is 6.62. The molecule has 1 unspecified atom stereocenters. The quantitative estimate of drug-likeness (QED) is 0.411. The molecule has 2 heterocycles. The van der Waals surface area contributed by atoms with Gasteiger partial charge in [0.1, 0.15) is 11.4 Å². The van der Waals surface area contributed by atoms with Gasteiger partial charge in [0.2, 0.25) is 5.91 Å². The molecule has 3 atom stereocenters. The van der Waals surface area contributed by atoms with E-state index in [1.165, 1.54) is 16.7 Å². The van der Waals surface area contributed by atoms with Crippen molar-refractivity contribution in [1.82, 2.24) is 10.2 Å². The van der Waals surface area contributed by atoms with Crippen LogP contribution in [-0.2, 0) is 14.4 Å². The second kappa shape index (κ2) is 8.66. The summed E-state index contributed by atoms with van der Waals surface area (Å²) in [7, 11) is 0. The second-order valence-corrected chi connectivity index (χ2v) is 7.81. The zero-order valence-corrected chi connectivity index (χ0v) is 16.1.